The number of ether oxygens (including phenoxy) is 7. The molecule has 8 N–H and O–H groups in total. The number of phenolic OH excluding ortho intramolecular Hbond substituents is 1. The molecule has 0 amide bonds. The van der Waals surface area contributed by atoms with E-state index < -0.39 is 91.9 Å². The minimum Gasteiger partial charge on any atom is -0.504 e. The lowest BCUT2D eigenvalue weighted by atomic mass is 9.85. The van der Waals surface area contributed by atoms with Gasteiger partial charge < -0.3 is 74.0 Å². The molecule has 3 aliphatic rings. The van der Waals surface area contributed by atoms with Crippen LogP contribution in [0, 0.1) is 11.8 Å². The summed E-state index contributed by atoms with van der Waals surface area (Å²) in [5.41, 5.74) is -0.611. The number of hydrogen-bond donors (Lipinski definition) is 8. The van der Waals surface area contributed by atoms with E-state index in [0.29, 0.717) is 11.1 Å². The Morgan fingerprint density at radius 1 is 1.00 bits per heavy atom. The summed E-state index contributed by atoms with van der Waals surface area (Å²) in [6, 6.07) is 8.98. The van der Waals surface area contributed by atoms with Crippen LogP contribution in [0.1, 0.15) is 30.6 Å². The maximum absolute atomic E-state index is 13.0. The number of fused-ring (bicyclic) bond motifs is 1. The molecule has 280 valence electrons. The van der Waals surface area contributed by atoms with E-state index in [4.69, 9.17) is 33.2 Å². The summed E-state index contributed by atoms with van der Waals surface area (Å²) in [4.78, 5) is 13.0. The molecule has 16 heteroatoms. The molecular weight excluding hydrogens is 676 g/mol. The maximum atomic E-state index is 13.0. The highest BCUT2D eigenvalue weighted by Gasteiger charge is 2.58. The second-order valence-electron chi connectivity index (χ2n) is 12.8. The Hall–Kier alpha value is -3.97. The van der Waals surface area contributed by atoms with Gasteiger partial charge in [-0.25, -0.2) is 4.79 Å². The fourth-order valence-corrected chi connectivity index (χ4v) is 6.59. The van der Waals surface area contributed by atoms with Gasteiger partial charge in [0.2, 0.25) is 6.29 Å². The number of carbonyl (C=O) groups excluding carboxylic acids is 1. The number of hydrogen-bond acceptors (Lipinski definition) is 16. The SMILES string of the molecule is COc1cc(C(O)C(CO)Oc2ccc(C=CC(=O)OC3CC(C)(O)C4C(OC5OC(CO)C(O)C(O)C5O)OC=CC34)cc2OC)ccc1O. The molecule has 12 unspecified atom stereocenters. The van der Waals surface area contributed by atoms with Gasteiger partial charge in [0.15, 0.2) is 35.4 Å². The van der Waals surface area contributed by atoms with Crippen LogP contribution in [0.4, 0.5) is 0 Å². The molecule has 0 aromatic heterocycles. The van der Waals surface area contributed by atoms with Gasteiger partial charge in [-0.3, -0.25) is 0 Å². The largest absolute Gasteiger partial charge is 0.504 e. The van der Waals surface area contributed by atoms with E-state index in [1.807, 2.05) is 0 Å². The number of aliphatic hydroxyl groups is 7. The average Bonchev–Trinajstić information content (AvgIpc) is 3.39. The normalized spacial score (nSPS) is 32.9. The minimum atomic E-state index is -1.68. The van der Waals surface area contributed by atoms with E-state index in [0.717, 1.165) is 0 Å². The number of esters is 1. The first-order valence-corrected chi connectivity index (χ1v) is 16.2. The third-order valence-corrected chi connectivity index (χ3v) is 9.32. The van der Waals surface area contributed by atoms with Crippen molar-refractivity contribution in [2.45, 2.75) is 74.3 Å². The first-order chi connectivity index (χ1) is 24.3. The van der Waals surface area contributed by atoms with Crippen molar-refractivity contribution in [2.24, 2.45) is 11.8 Å². The summed E-state index contributed by atoms with van der Waals surface area (Å²) in [6.07, 6.45) is -6.44. The second kappa shape index (κ2) is 16.1. The molecule has 12 atom stereocenters. The van der Waals surface area contributed by atoms with Crippen molar-refractivity contribution >= 4 is 12.0 Å². The maximum Gasteiger partial charge on any atom is 0.331 e. The van der Waals surface area contributed by atoms with Crippen LogP contribution in [0.15, 0.2) is 54.8 Å². The zero-order valence-electron chi connectivity index (χ0n) is 28.1. The Morgan fingerprint density at radius 3 is 2.43 bits per heavy atom. The Bertz CT molecular complexity index is 1560. The van der Waals surface area contributed by atoms with Gasteiger partial charge in [0.05, 0.1) is 45.2 Å². The summed E-state index contributed by atoms with van der Waals surface area (Å²) in [5.74, 6) is -1.62. The summed E-state index contributed by atoms with van der Waals surface area (Å²) in [6.45, 7) is 0.320. The number of carbonyl (C=O) groups is 1. The molecule has 2 aliphatic heterocycles. The molecule has 2 aromatic rings. The third kappa shape index (κ3) is 8.25. The summed E-state index contributed by atoms with van der Waals surface area (Å²) >= 11 is 0. The second-order valence-corrected chi connectivity index (χ2v) is 12.8. The van der Waals surface area contributed by atoms with Crippen molar-refractivity contribution in [1.82, 2.24) is 0 Å². The van der Waals surface area contributed by atoms with Gasteiger partial charge in [0.25, 0.3) is 0 Å². The number of aromatic hydroxyl groups is 1. The average molecular weight is 721 g/mol. The predicted octanol–water partition coefficient (Wildman–Crippen LogP) is -0.119. The lowest BCUT2D eigenvalue weighted by Crippen LogP contribution is -2.60. The Kier molecular flexibility index (Phi) is 12.1. The molecular formula is C35H44O16. The minimum absolute atomic E-state index is 0.0127. The van der Waals surface area contributed by atoms with Gasteiger partial charge in [0.1, 0.15) is 36.6 Å². The van der Waals surface area contributed by atoms with Crippen molar-refractivity contribution in [2.75, 3.05) is 27.4 Å². The van der Waals surface area contributed by atoms with Gasteiger partial charge in [-0.1, -0.05) is 12.1 Å². The Labute approximate surface area is 293 Å². The van der Waals surface area contributed by atoms with Gasteiger partial charge >= 0.3 is 5.97 Å². The van der Waals surface area contributed by atoms with Gasteiger partial charge in [0, 0.05) is 18.4 Å². The van der Waals surface area contributed by atoms with E-state index in [9.17, 15) is 45.6 Å². The van der Waals surface area contributed by atoms with Crippen LogP contribution in [0.5, 0.6) is 23.0 Å². The topological polar surface area (TPSA) is 244 Å². The first kappa shape index (κ1) is 38.3. The fraction of sp³-hybridized carbons (Fsp3) is 0.514. The number of methoxy groups -OCH3 is 2. The van der Waals surface area contributed by atoms with Crippen molar-refractivity contribution in [3.63, 3.8) is 0 Å². The molecule has 2 heterocycles. The van der Waals surface area contributed by atoms with E-state index in [-0.39, 0.29) is 29.4 Å². The van der Waals surface area contributed by atoms with Crippen LogP contribution in [-0.4, -0.2) is 129 Å². The van der Waals surface area contributed by atoms with E-state index in [2.05, 4.69) is 0 Å². The highest BCUT2D eigenvalue weighted by atomic mass is 16.8. The Morgan fingerprint density at radius 2 is 1.75 bits per heavy atom. The van der Waals surface area contributed by atoms with Crippen molar-refractivity contribution in [1.29, 1.82) is 0 Å². The van der Waals surface area contributed by atoms with E-state index in [1.54, 1.807) is 18.2 Å². The monoisotopic (exact) mass is 720 g/mol. The van der Waals surface area contributed by atoms with Crippen LogP contribution in [-0.2, 0) is 23.7 Å². The van der Waals surface area contributed by atoms with Crippen molar-refractivity contribution in [3.8, 4) is 23.0 Å². The molecule has 1 saturated heterocycles. The number of aliphatic hydroxyl groups excluding tert-OH is 6. The first-order valence-electron chi connectivity index (χ1n) is 16.2. The van der Waals surface area contributed by atoms with E-state index >= 15 is 0 Å². The summed E-state index contributed by atoms with van der Waals surface area (Å²) in [5, 5.41) is 82.2. The van der Waals surface area contributed by atoms with Crippen LogP contribution in [0.3, 0.4) is 0 Å². The van der Waals surface area contributed by atoms with Crippen molar-refractivity contribution < 1.29 is 78.8 Å². The van der Waals surface area contributed by atoms with Crippen molar-refractivity contribution in [3.05, 3.63) is 65.9 Å². The van der Waals surface area contributed by atoms with Gasteiger partial charge in [-0.05, 0) is 54.5 Å². The van der Waals surface area contributed by atoms with Gasteiger partial charge in [-0.2, -0.15) is 0 Å². The lowest BCUT2D eigenvalue weighted by Gasteiger charge is -2.43. The molecule has 0 spiro atoms. The smallest absolute Gasteiger partial charge is 0.331 e. The summed E-state index contributed by atoms with van der Waals surface area (Å²) in [7, 11) is 2.77. The van der Waals surface area contributed by atoms with Crippen LogP contribution < -0.4 is 14.2 Å². The molecule has 1 saturated carbocycles. The molecule has 0 bridgehead atoms. The molecule has 0 radical (unpaired) electrons. The fourth-order valence-electron chi connectivity index (χ4n) is 6.59. The molecule has 1 aliphatic carbocycles. The molecule has 2 fully saturated rings. The zero-order chi connectivity index (χ0) is 37.0. The molecule has 51 heavy (non-hydrogen) atoms. The Balaban J connectivity index is 1.22. The molecule has 16 nitrogen and oxygen atoms in total. The third-order valence-electron chi connectivity index (χ3n) is 9.32. The standard InChI is InChI=1S/C35H44O16/c1-35(44)14-24(19-10-11-47-33(28(19)35)51-34-32(43)31(42)30(41)26(16-37)50-34)49-27(39)9-5-17-4-8-21(23(12-17)46-3)48-25(15-36)29(40)18-6-7-20(38)22(13-18)45-2/h4-13,19,24-26,28-34,36-38,40-44H,14-16H2,1-3H3. The van der Waals surface area contributed by atoms with Crippen LogP contribution >= 0.6 is 0 Å². The highest BCUT2D eigenvalue weighted by molar-refractivity contribution is 5.87. The zero-order valence-corrected chi connectivity index (χ0v) is 28.1. The van der Waals surface area contributed by atoms with Crippen LogP contribution in [0.25, 0.3) is 6.08 Å². The number of rotatable bonds is 13. The predicted molar refractivity (Wildman–Crippen MR) is 174 cm³/mol. The van der Waals surface area contributed by atoms with Crippen LogP contribution in [0.2, 0.25) is 0 Å². The number of phenols is 1. The summed E-state index contributed by atoms with van der Waals surface area (Å²) < 4.78 is 39.0. The van der Waals surface area contributed by atoms with E-state index in [1.165, 1.54) is 63.8 Å². The quantitative estimate of drug-likeness (QED) is 0.0993. The molecule has 5 rings (SSSR count). The lowest BCUT2D eigenvalue weighted by molar-refractivity contribution is -0.346. The van der Waals surface area contributed by atoms with Gasteiger partial charge in [-0.15, -0.1) is 0 Å². The highest BCUT2D eigenvalue weighted by Crippen LogP contribution is 2.48. The molecule has 2 aromatic carbocycles. The number of benzene rings is 2.